The van der Waals surface area contributed by atoms with Gasteiger partial charge in [-0.3, -0.25) is 10.1 Å². The average molecular weight is 251 g/mol. The summed E-state index contributed by atoms with van der Waals surface area (Å²) in [6.07, 6.45) is 0. The molecule has 0 amide bonds. The zero-order valence-corrected chi connectivity index (χ0v) is 11.2. The zero-order valence-electron chi connectivity index (χ0n) is 11.2. The lowest BCUT2D eigenvalue weighted by Gasteiger charge is -2.20. The molecule has 0 spiro atoms. The Labute approximate surface area is 108 Å². The average Bonchev–Trinajstić information content (AvgIpc) is 2.35. The summed E-state index contributed by atoms with van der Waals surface area (Å²) in [4.78, 5) is 11.7. The number of carbonyl (C=O) groups excluding carboxylic acids is 1. The fraction of sp³-hybridized carbons (Fsp3) is 0.500. The van der Waals surface area contributed by atoms with Crippen molar-refractivity contribution in [3.63, 3.8) is 0 Å². The lowest BCUT2D eigenvalue weighted by Crippen LogP contribution is -2.45. The van der Waals surface area contributed by atoms with E-state index in [-0.39, 0.29) is 18.6 Å². The van der Waals surface area contributed by atoms with E-state index in [1.54, 1.807) is 6.92 Å². The van der Waals surface area contributed by atoms with Gasteiger partial charge in [0.1, 0.15) is 18.4 Å². The van der Waals surface area contributed by atoms with Crippen molar-refractivity contribution >= 4 is 5.97 Å². The van der Waals surface area contributed by atoms with Crippen LogP contribution in [0.5, 0.6) is 5.75 Å². The van der Waals surface area contributed by atoms with Gasteiger partial charge in [-0.05, 0) is 19.1 Å². The van der Waals surface area contributed by atoms with Crippen LogP contribution in [-0.2, 0) is 9.53 Å². The summed E-state index contributed by atoms with van der Waals surface area (Å²) in [5.74, 6) is 0.472. The van der Waals surface area contributed by atoms with E-state index in [2.05, 4.69) is 5.32 Å². The topological polar surface area (TPSA) is 47.6 Å². The third-order valence-electron chi connectivity index (χ3n) is 2.27. The molecule has 0 aliphatic rings. The maximum absolute atomic E-state index is 11.7. The van der Waals surface area contributed by atoms with E-state index in [0.717, 1.165) is 5.75 Å². The van der Waals surface area contributed by atoms with Gasteiger partial charge in [-0.1, -0.05) is 32.0 Å². The van der Waals surface area contributed by atoms with E-state index in [1.165, 1.54) is 0 Å². The van der Waals surface area contributed by atoms with Crippen molar-refractivity contribution in [1.82, 2.24) is 5.32 Å². The summed E-state index contributed by atoms with van der Waals surface area (Å²) in [7, 11) is 0. The Morgan fingerprint density at radius 3 is 2.50 bits per heavy atom. The highest BCUT2D eigenvalue weighted by molar-refractivity contribution is 5.76. The Hall–Kier alpha value is -1.55. The monoisotopic (exact) mass is 251 g/mol. The molecule has 4 nitrogen and oxygen atoms in total. The molecule has 0 radical (unpaired) electrons. The van der Waals surface area contributed by atoms with Crippen LogP contribution in [0.1, 0.15) is 20.8 Å². The van der Waals surface area contributed by atoms with Crippen molar-refractivity contribution in [1.29, 1.82) is 0 Å². The molecule has 4 heteroatoms. The Kier molecular flexibility index (Phi) is 6.22. The van der Waals surface area contributed by atoms with E-state index < -0.39 is 6.04 Å². The van der Waals surface area contributed by atoms with Gasteiger partial charge in [-0.2, -0.15) is 0 Å². The molecule has 1 N–H and O–H groups in total. The molecule has 1 aromatic carbocycles. The van der Waals surface area contributed by atoms with Crippen molar-refractivity contribution in [2.24, 2.45) is 0 Å². The normalized spacial score (nSPS) is 12.2. The summed E-state index contributed by atoms with van der Waals surface area (Å²) in [6, 6.07) is 9.18. The highest BCUT2D eigenvalue weighted by atomic mass is 16.5. The van der Waals surface area contributed by atoms with Crippen LogP contribution < -0.4 is 10.1 Å². The Balaban J connectivity index is 2.53. The molecule has 0 aliphatic carbocycles. The molecule has 100 valence electrons. The Bertz CT molecular complexity index is 351. The molecule has 0 fully saturated rings. The molecular weight excluding hydrogens is 230 g/mol. The van der Waals surface area contributed by atoms with Crippen LogP contribution in [-0.4, -0.2) is 31.3 Å². The van der Waals surface area contributed by atoms with Gasteiger partial charge in [0, 0.05) is 6.04 Å². The van der Waals surface area contributed by atoms with Crippen molar-refractivity contribution in [3.8, 4) is 5.75 Å². The smallest absolute Gasteiger partial charge is 0.326 e. The first-order valence-electron chi connectivity index (χ1n) is 6.24. The van der Waals surface area contributed by atoms with Crippen molar-refractivity contribution in [2.75, 3.05) is 13.2 Å². The first-order valence-corrected chi connectivity index (χ1v) is 6.24. The van der Waals surface area contributed by atoms with Gasteiger partial charge >= 0.3 is 5.97 Å². The second-order valence-electron chi connectivity index (χ2n) is 4.25. The third kappa shape index (κ3) is 5.19. The number of esters is 1. The van der Waals surface area contributed by atoms with Gasteiger partial charge in [0.05, 0.1) is 6.61 Å². The fourth-order valence-electron chi connectivity index (χ4n) is 1.53. The van der Waals surface area contributed by atoms with Gasteiger partial charge in [0.2, 0.25) is 0 Å². The van der Waals surface area contributed by atoms with Crippen LogP contribution in [0.2, 0.25) is 0 Å². The fourth-order valence-corrected chi connectivity index (χ4v) is 1.53. The maximum atomic E-state index is 11.7. The molecular formula is C14H21NO3. The van der Waals surface area contributed by atoms with Crippen LogP contribution in [0.4, 0.5) is 0 Å². The summed E-state index contributed by atoms with van der Waals surface area (Å²) in [5, 5.41) is 3.14. The van der Waals surface area contributed by atoms with E-state index >= 15 is 0 Å². The van der Waals surface area contributed by atoms with E-state index in [4.69, 9.17) is 9.47 Å². The Morgan fingerprint density at radius 1 is 1.28 bits per heavy atom. The number of hydrogen-bond donors (Lipinski definition) is 1. The highest BCUT2D eigenvalue weighted by Gasteiger charge is 2.21. The lowest BCUT2D eigenvalue weighted by atomic mass is 10.2. The number of carbonyl (C=O) groups is 1. The molecule has 0 saturated carbocycles. The van der Waals surface area contributed by atoms with Crippen LogP contribution in [0.3, 0.4) is 0 Å². The molecule has 0 aliphatic heterocycles. The number of rotatable bonds is 7. The number of ether oxygens (including phenoxy) is 2. The summed E-state index contributed by atoms with van der Waals surface area (Å²) < 4.78 is 10.6. The van der Waals surface area contributed by atoms with E-state index in [0.29, 0.717) is 6.61 Å². The standard InChI is InChI=1S/C14H21NO3/c1-4-17-14(16)13(15-11(2)3)10-18-12-8-6-5-7-9-12/h5-9,11,13,15H,4,10H2,1-3H3. The third-order valence-corrected chi connectivity index (χ3v) is 2.27. The lowest BCUT2D eigenvalue weighted by molar-refractivity contribution is -0.146. The summed E-state index contributed by atoms with van der Waals surface area (Å²) in [6.45, 7) is 6.40. The van der Waals surface area contributed by atoms with E-state index in [1.807, 2.05) is 44.2 Å². The Morgan fingerprint density at radius 2 is 1.94 bits per heavy atom. The minimum Gasteiger partial charge on any atom is -0.491 e. The molecule has 1 rings (SSSR count). The van der Waals surface area contributed by atoms with Gasteiger partial charge in [-0.25, -0.2) is 0 Å². The number of hydrogen-bond acceptors (Lipinski definition) is 4. The molecule has 0 aromatic heterocycles. The second kappa shape index (κ2) is 7.71. The molecule has 18 heavy (non-hydrogen) atoms. The zero-order chi connectivity index (χ0) is 13.4. The SMILES string of the molecule is CCOC(=O)C(COc1ccccc1)NC(C)C. The predicted molar refractivity (Wildman–Crippen MR) is 70.6 cm³/mol. The van der Waals surface area contributed by atoms with Gasteiger partial charge in [-0.15, -0.1) is 0 Å². The van der Waals surface area contributed by atoms with Crippen LogP contribution in [0.15, 0.2) is 30.3 Å². The van der Waals surface area contributed by atoms with Crippen LogP contribution >= 0.6 is 0 Å². The molecule has 1 unspecified atom stereocenters. The molecule has 0 saturated heterocycles. The predicted octanol–water partition coefficient (Wildman–Crippen LogP) is 2.00. The van der Waals surface area contributed by atoms with Crippen molar-refractivity contribution in [3.05, 3.63) is 30.3 Å². The number of benzene rings is 1. The maximum Gasteiger partial charge on any atom is 0.326 e. The first kappa shape index (κ1) is 14.5. The quantitative estimate of drug-likeness (QED) is 0.753. The second-order valence-corrected chi connectivity index (χ2v) is 4.25. The van der Waals surface area contributed by atoms with Gasteiger partial charge < -0.3 is 9.47 Å². The highest BCUT2D eigenvalue weighted by Crippen LogP contribution is 2.09. The largest absolute Gasteiger partial charge is 0.491 e. The molecule has 1 aromatic rings. The molecule has 0 bridgehead atoms. The molecule has 1 atom stereocenters. The van der Waals surface area contributed by atoms with Crippen LogP contribution in [0, 0.1) is 0 Å². The number of para-hydroxylation sites is 1. The first-order chi connectivity index (χ1) is 8.63. The van der Waals surface area contributed by atoms with Crippen LogP contribution in [0.25, 0.3) is 0 Å². The van der Waals surface area contributed by atoms with Gasteiger partial charge in [0.25, 0.3) is 0 Å². The minimum atomic E-state index is -0.440. The number of nitrogens with one attached hydrogen (secondary N) is 1. The molecule has 0 heterocycles. The summed E-state index contributed by atoms with van der Waals surface area (Å²) in [5.41, 5.74) is 0. The van der Waals surface area contributed by atoms with Crippen molar-refractivity contribution < 1.29 is 14.3 Å². The summed E-state index contributed by atoms with van der Waals surface area (Å²) >= 11 is 0. The van der Waals surface area contributed by atoms with E-state index in [9.17, 15) is 4.79 Å². The van der Waals surface area contributed by atoms with Crippen molar-refractivity contribution in [2.45, 2.75) is 32.9 Å². The minimum absolute atomic E-state index is 0.193. The van der Waals surface area contributed by atoms with Gasteiger partial charge in [0.15, 0.2) is 0 Å².